The molecule has 4 rings (SSSR count). The second-order valence-electron chi connectivity index (χ2n) is 7.47. The van der Waals surface area contributed by atoms with Crippen LogP contribution in [0.1, 0.15) is 32.9 Å². The highest BCUT2D eigenvalue weighted by Crippen LogP contribution is 2.28. The van der Waals surface area contributed by atoms with Crippen LogP contribution in [0.15, 0.2) is 82.1 Å². The van der Waals surface area contributed by atoms with Crippen LogP contribution in [0, 0.1) is 20.8 Å². The summed E-state index contributed by atoms with van der Waals surface area (Å²) in [4.78, 5) is 18.5. The van der Waals surface area contributed by atoms with Crippen molar-refractivity contribution in [3.63, 3.8) is 0 Å². The lowest BCUT2D eigenvalue weighted by Crippen LogP contribution is -2.12. The second-order valence-corrected chi connectivity index (χ2v) is 8.52. The summed E-state index contributed by atoms with van der Waals surface area (Å²) < 4.78 is 5.89. The van der Waals surface area contributed by atoms with Crippen LogP contribution in [0.2, 0.25) is 0 Å². The summed E-state index contributed by atoms with van der Waals surface area (Å²) in [7, 11) is 0. The number of hydrogen-bond donors (Lipinski definition) is 1. The third kappa shape index (κ3) is 5.06. The molecule has 0 atom stereocenters. The number of hydrogen-bond acceptors (Lipinski definition) is 4. The maximum Gasteiger partial charge on any atom is 0.255 e. The molecule has 0 unspecified atom stereocenters. The van der Waals surface area contributed by atoms with Gasteiger partial charge < -0.3 is 9.73 Å². The van der Waals surface area contributed by atoms with E-state index in [2.05, 4.69) is 28.5 Å². The molecule has 0 radical (unpaired) electrons. The lowest BCUT2D eigenvalue weighted by atomic mass is 10.1. The second kappa shape index (κ2) is 9.23. The van der Waals surface area contributed by atoms with Gasteiger partial charge in [0.25, 0.3) is 5.91 Å². The SMILES string of the molecule is Cc1ccc(NC(=O)c2ccc(-c3nc(CSc4ccccc4)c(C)o3)cc2)c(C)c1. The van der Waals surface area contributed by atoms with Gasteiger partial charge in [0, 0.05) is 27.5 Å². The van der Waals surface area contributed by atoms with Crippen molar-refractivity contribution in [3.05, 3.63) is 101 Å². The molecule has 0 fully saturated rings. The van der Waals surface area contributed by atoms with E-state index in [1.807, 2.05) is 63.2 Å². The predicted octanol–water partition coefficient (Wildman–Crippen LogP) is 6.81. The molecule has 0 saturated carbocycles. The van der Waals surface area contributed by atoms with Crippen LogP contribution in [0.3, 0.4) is 0 Å². The minimum absolute atomic E-state index is 0.137. The third-order valence-corrected chi connectivity index (χ3v) is 6.06. The van der Waals surface area contributed by atoms with Crippen LogP contribution in [0.25, 0.3) is 11.5 Å². The van der Waals surface area contributed by atoms with Crippen LogP contribution in [-0.2, 0) is 5.75 Å². The summed E-state index contributed by atoms with van der Waals surface area (Å²) in [6.07, 6.45) is 0. The number of nitrogens with zero attached hydrogens (tertiary/aromatic N) is 1. The van der Waals surface area contributed by atoms with Gasteiger partial charge in [0.1, 0.15) is 5.76 Å². The van der Waals surface area contributed by atoms with Gasteiger partial charge in [-0.05, 0) is 68.8 Å². The number of anilines is 1. The number of amides is 1. The molecule has 5 heteroatoms. The smallest absolute Gasteiger partial charge is 0.255 e. The zero-order chi connectivity index (χ0) is 21.8. The molecule has 1 aromatic heterocycles. The Morgan fingerprint density at radius 3 is 2.42 bits per heavy atom. The molecule has 1 N–H and O–H groups in total. The standard InChI is InChI=1S/C26H24N2O2S/c1-17-9-14-23(18(2)15-17)27-25(29)20-10-12-21(13-11-20)26-28-24(19(3)30-26)16-31-22-7-5-4-6-8-22/h4-15H,16H2,1-3H3,(H,27,29). The number of carbonyl (C=O) groups excluding carboxylic acids is 1. The fourth-order valence-corrected chi connectivity index (χ4v) is 4.19. The van der Waals surface area contributed by atoms with Gasteiger partial charge in [0.05, 0.1) is 5.69 Å². The van der Waals surface area contributed by atoms with Gasteiger partial charge in [-0.3, -0.25) is 4.79 Å². The number of aryl methyl sites for hydroxylation is 3. The molecular weight excluding hydrogens is 404 g/mol. The summed E-state index contributed by atoms with van der Waals surface area (Å²) >= 11 is 1.73. The fraction of sp³-hybridized carbons (Fsp3) is 0.154. The first kappa shape index (κ1) is 20.9. The molecule has 31 heavy (non-hydrogen) atoms. The van der Waals surface area contributed by atoms with Crippen molar-refractivity contribution in [1.82, 2.24) is 4.98 Å². The average Bonchev–Trinajstić information content (AvgIpc) is 3.15. The van der Waals surface area contributed by atoms with Gasteiger partial charge in [0.15, 0.2) is 0 Å². The first-order valence-electron chi connectivity index (χ1n) is 10.1. The summed E-state index contributed by atoms with van der Waals surface area (Å²) in [5, 5.41) is 2.98. The molecule has 4 nitrogen and oxygen atoms in total. The Morgan fingerprint density at radius 2 is 1.71 bits per heavy atom. The molecule has 3 aromatic carbocycles. The maximum absolute atomic E-state index is 12.6. The Morgan fingerprint density at radius 1 is 0.968 bits per heavy atom. The number of aromatic nitrogens is 1. The summed E-state index contributed by atoms with van der Waals surface area (Å²) in [5.74, 6) is 2.00. The molecule has 1 amide bonds. The van der Waals surface area contributed by atoms with Gasteiger partial charge in [0.2, 0.25) is 5.89 Å². The minimum Gasteiger partial charge on any atom is -0.441 e. The average molecular weight is 429 g/mol. The number of rotatable bonds is 6. The van der Waals surface area contributed by atoms with E-state index in [0.717, 1.165) is 34.0 Å². The summed E-state index contributed by atoms with van der Waals surface area (Å²) in [5.41, 5.74) is 5.40. The van der Waals surface area contributed by atoms with Crippen molar-refractivity contribution >= 4 is 23.4 Å². The van der Waals surface area contributed by atoms with E-state index >= 15 is 0 Å². The summed E-state index contributed by atoms with van der Waals surface area (Å²) in [6.45, 7) is 5.96. The quantitative estimate of drug-likeness (QED) is 0.343. The lowest BCUT2D eigenvalue weighted by Gasteiger charge is -2.09. The highest BCUT2D eigenvalue weighted by Gasteiger charge is 2.13. The molecule has 0 spiro atoms. The Labute approximate surface area is 186 Å². The van der Waals surface area contributed by atoms with Gasteiger partial charge in [-0.2, -0.15) is 0 Å². The zero-order valence-corrected chi connectivity index (χ0v) is 18.6. The first-order chi connectivity index (χ1) is 15.0. The molecule has 4 aromatic rings. The molecular formula is C26H24N2O2S. The molecule has 0 aliphatic heterocycles. The van der Waals surface area contributed by atoms with Gasteiger partial charge in [-0.1, -0.05) is 35.9 Å². The number of benzene rings is 3. The third-order valence-electron chi connectivity index (χ3n) is 5.04. The van der Waals surface area contributed by atoms with E-state index in [4.69, 9.17) is 4.42 Å². The molecule has 0 bridgehead atoms. The van der Waals surface area contributed by atoms with Crippen LogP contribution in [0.5, 0.6) is 0 Å². The topological polar surface area (TPSA) is 55.1 Å². The maximum atomic E-state index is 12.6. The van der Waals surface area contributed by atoms with Gasteiger partial charge in [-0.25, -0.2) is 4.98 Å². The Balaban J connectivity index is 1.44. The lowest BCUT2D eigenvalue weighted by molar-refractivity contribution is 0.102. The van der Waals surface area contributed by atoms with E-state index < -0.39 is 0 Å². The molecule has 1 heterocycles. The highest BCUT2D eigenvalue weighted by atomic mass is 32.2. The van der Waals surface area contributed by atoms with Crippen molar-refractivity contribution in [1.29, 1.82) is 0 Å². The number of oxazole rings is 1. The van der Waals surface area contributed by atoms with E-state index in [1.165, 1.54) is 10.5 Å². The monoisotopic (exact) mass is 428 g/mol. The first-order valence-corrected chi connectivity index (χ1v) is 11.1. The largest absolute Gasteiger partial charge is 0.441 e. The Hall–Kier alpha value is -3.31. The van der Waals surface area contributed by atoms with Crippen molar-refractivity contribution in [2.75, 3.05) is 5.32 Å². The number of thioether (sulfide) groups is 1. The van der Waals surface area contributed by atoms with E-state index in [-0.39, 0.29) is 5.91 Å². The predicted molar refractivity (Wildman–Crippen MR) is 127 cm³/mol. The van der Waals surface area contributed by atoms with Crippen molar-refractivity contribution in [2.45, 2.75) is 31.4 Å². The van der Waals surface area contributed by atoms with E-state index in [0.29, 0.717) is 11.5 Å². The van der Waals surface area contributed by atoms with Crippen molar-refractivity contribution < 1.29 is 9.21 Å². The number of carbonyl (C=O) groups is 1. The van der Waals surface area contributed by atoms with Crippen molar-refractivity contribution in [3.8, 4) is 11.5 Å². The van der Waals surface area contributed by atoms with Crippen LogP contribution in [0.4, 0.5) is 5.69 Å². The van der Waals surface area contributed by atoms with Gasteiger partial charge in [-0.15, -0.1) is 11.8 Å². The van der Waals surface area contributed by atoms with Crippen molar-refractivity contribution in [2.24, 2.45) is 0 Å². The molecule has 156 valence electrons. The number of nitrogens with one attached hydrogen (secondary N) is 1. The highest BCUT2D eigenvalue weighted by molar-refractivity contribution is 7.98. The summed E-state index contributed by atoms with van der Waals surface area (Å²) in [6, 6.07) is 23.6. The Kier molecular flexibility index (Phi) is 6.23. The molecule has 0 aliphatic carbocycles. The van der Waals surface area contributed by atoms with E-state index in [9.17, 15) is 4.79 Å². The molecule has 0 saturated heterocycles. The minimum atomic E-state index is -0.137. The zero-order valence-electron chi connectivity index (χ0n) is 17.8. The fourth-order valence-electron chi connectivity index (χ4n) is 3.27. The normalized spacial score (nSPS) is 10.8. The van der Waals surface area contributed by atoms with E-state index in [1.54, 1.807) is 23.9 Å². The Bertz CT molecular complexity index is 1200. The van der Waals surface area contributed by atoms with Crippen LogP contribution >= 0.6 is 11.8 Å². The molecule has 0 aliphatic rings. The van der Waals surface area contributed by atoms with Gasteiger partial charge >= 0.3 is 0 Å². The van der Waals surface area contributed by atoms with Crippen LogP contribution in [-0.4, -0.2) is 10.9 Å². The van der Waals surface area contributed by atoms with Crippen LogP contribution < -0.4 is 5.32 Å².